The van der Waals surface area contributed by atoms with Crippen LogP contribution in [0.3, 0.4) is 0 Å². The van der Waals surface area contributed by atoms with Crippen molar-refractivity contribution >= 4 is 5.91 Å². The van der Waals surface area contributed by atoms with Gasteiger partial charge in [-0.2, -0.15) is 5.10 Å². The third-order valence-corrected chi connectivity index (χ3v) is 4.84. The van der Waals surface area contributed by atoms with E-state index in [0.29, 0.717) is 12.3 Å². The maximum Gasteiger partial charge on any atom is 0.222 e. The highest BCUT2D eigenvalue weighted by atomic mass is 16.2. The molecular weight excluding hydrogens is 286 g/mol. The number of aromatic amines is 1. The molecule has 4 heteroatoms. The van der Waals surface area contributed by atoms with Gasteiger partial charge in [-0.05, 0) is 50.3 Å². The summed E-state index contributed by atoms with van der Waals surface area (Å²) in [6.07, 6.45) is 5.41. The Morgan fingerprint density at radius 2 is 2.22 bits per heavy atom. The second-order valence-corrected chi connectivity index (χ2v) is 6.62. The maximum absolute atomic E-state index is 12.6. The summed E-state index contributed by atoms with van der Waals surface area (Å²) in [5, 5.41) is 7.08. The Labute approximate surface area is 137 Å². The molecule has 1 amide bonds. The number of H-pyrrole nitrogens is 1. The molecule has 2 aromatic rings. The number of rotatable bonds is 4. The van der Waals surface area contributed by atoms with Crippen LogP contribution < -0.4 is 0 Å². The normalized spacial score (nSPS) is 18.2. The summed E-state index contributed by atoms with van der Waals surface area (Å²) in [5.41, 5.74) is 4.99. The second kappa shape index (κ2) is 6.99. The Bertz CT molecular complexity index is 663. The molecule has 1 atom stereocenters. The molecule has 1 fully saturated rings. The summed E-state index contributed by atoms with van der Waals surface area (Å²) in [7, 11) is 0. The minimum Gasteiger partial charge on any atom is -0.342 e. The van der Waals surface area contributed by atoms with E-state index in [9.17, 15) is 4.79 Å². The van der Waals surface area contributed by atoms with Gasteiger partial charge in [0.2, 0.25) is 5.91 Å². The number of aryl methyl sites for hydroxylation is 3. The molecule has 0 spiro atoms. The molecule has 0 radical (unpaired) electrons. The molecule has 0 saturated carbocycles. The van der Waals surface area contributed by atoms with Crippen LogP contribution in [0.25, 0.3) is 0 Å². The van der Waals surface area contributed by atoms with Crippen molar-refractivity contribution in [3.8, 4) is 0 Å². The van der Waals surface area contributed by atoms with Crippen molar-refractivity contribution < 1.29 is 4.79 Å². The van der Waals surface area contributed by atoms with Crippen molar-refractivity contribution in [2.75, 3.05) is 13.1 Å². The highest BCUT2D eigenvalue weighted by molar-refractivity contribution is 5.76. The van der Waals surface area contributed by atoms with E-state index in [1.807, 2.05) is 11.0 Å². The number of likely N-dealkylation sites (tertiary alicyclic amines) is 1. The summed E-state index contributed by atoms with van der Waals surface area (Å²) in [4.78, 5) is 14.6. The highest BCUT2D eigenvalue weighted by Crippen LogP contribution is 2.25. The van der Waals surface area contributed by atoms with Crippen LogP contribution in [0.2, 0.25) is 0 Å². The van der Waals surface area contributed by atoms with Gasteiger partial charge in [-0.1, -0.05) is 23.8 Å². The van der Waals surface area contributed by atoms with Crippen LogP contribution in [-0.4, -0.2) is 34.1 Å². The lowest BCUT2D eigenvalue weighted by Gasteiger charge is -2.32. The molecule has 23 heavy (non-hydrogen) atoms. The topological polar surface area (TPSA) is 49.0 Å². The first-order valence-corrected chi connectivity index (χ1v) is 8.46. The molecule has 122 valence electrons. The van der Waals surface area contributed by atoms with Crippen molar-refractivity contribution in [1.82, 2.24) is 15.1 Å². The number of carbonyl (C=O) groups is 1. The zero-order valence-corrected chi connectivity index (χ0v) is 14.0. The van der Waals surface area contributed by atoms with Crippen molar-refractivity contribution in [1.29, 1.82) is 0 Å². The number of nitrogens with one attached hydrogen (secondary N) is 1. The van der Waals surface area contributed by atoms with Crippen molar-refractivity contribution in [3.05, 3.63) is 52.8 Å². The number of nitrogens with zero attached hydrogens (tertiary/aromatic N) is 2. The van der Waals surface area contributed by atoms with E-state index in [-0.39, 0.29) is 5.91 Å². The number of piperidine rings is 1. The highest BCUT2D eigenvalue weighted by Gasteiger charge is 2.25. The van der Waals surface area contributed by atoms with Crippen molar-refractivity contribution in [3.63, 3.8) is 0 Å². The summed E-state index contributed by atoms with van der Waals surface area (Å²) in [6.45, 7) is 5.93. The summed E-state index contributed by atoms with van der Waals surface area (Å²) >= 11 is 0. The number of hydrogen-bond donors (Lipinski definition) is 1. The number of benzene rings is 1. The zero-order chi connectivity index (χ0) is 16.2. The zero-order valence-electron chi connectivity index (χ0n) is 14.0. The van der Waals surface area contributed by atoms with Crippen molar-refractivity contribution in [2.45, 2.75) is 45.4 Å². The SMILES string of the molecule is Cc1ccc(CCC(=O)N2CCC[C@H](c3ccn[nH]3)C2)c(C)c1. The molecular formula is C19H25N3O. The molecule has 0 bridgehead atoms. The fourth-order valence-electron chi connectivity index (χ4n) is 3.48. The smallest absolute Gasteiger partial charge is 0.222 e. The van der Waals surface area contributed by atoms with Crippen LogP contribution >= 0.6 is 0 Å². The van der Waals surface area contributed by atoms with Gasteiger partial charge in [0, 0.05) is 37.3 Å². The van der Waals surface area contributed by atoms with Gasteiger partial charge in [0.1, 0.15) is 0 Å². The van der Waals surface area contributed by atoms with Gasteiger partial charge >= 0.3 is 0 Å². The average molecular weight is 311 g/mol. The van der Waals surface area contributed by atoms with Gasteiger partial charge in [0.05, 0.1) is 0 Å². The number of hydrogen-bond acceptors (Lipinski definition) is 2. The summed E-state index contributed by atoms with van der Waals surface area (Å²) in [5.74, 6) is 0.672. The summed E-state index contributed by atoms with van der Waals surface area (Å²) < 4.78 is 0. The molecule has 0 unspecified atom stereocenters. The van der Waals surface area contributed by atoms with Crippen LogP contribution in [0.5, 0.6) is 0 Å². The van der Waals surface area contributed by atoms with Crippen LogP contribution in [0.15, 0.2) is 30.5 Å². The predicted molar refractivity (Wildman–Crippen MR) is 91.4 cm³/mol. The lowest BCUT2D eigenvalue weighted by atomic mass is 9.94. The number of carbonyl (C=O) groups excluding carboxylic acids is 1. The molecule has 1 aliphatic rings. The first-order valence-electron chi connectivity index (χ1n) is 8.46. The molecule has 1 N–H and O–H groups in total. The van der Waals surface area contributed by atoms with E-state index in [2.05, 4.69) is 42.2 Å². The lowest BCUT2D eigenvalue weighted by Crippen LogP contribution is -2.39. The molecule has 4 nitrogen and oxygen atoms in total. The third-order valence-electron chi connectivity index (χ3n) is 4.84. The maximum atomic E-state index is 12.6. The minimum atomic E-state index is 0.272. The number of aromatic nitrogens is 2. The number of amides is 1. The first kappa shape index (κ1) is 15.8. The Hall–Kier alpha value is -2.10. The molecule has 1 aromatic carbocycles. The van der Waals surface area contributed by atoms with E-state index < -0.39 is 0 Å². The van der Waals surface area contributed by atoms with E-state index in [4.69, 9.17) is 0 Å². The molecule has 1 saturated heterocycles. The first-order chi connectivity index (χ1) is 11.1. The minimum absolute atomic E-state index is 0.272. The van der Waals surface area contributed by atoms with Crippen LogP contribution in [0.1, 0.15) is 47.6 Å². The van der Waals surface area contributed by atoms with E-state index in [0.717, 1.165) is 38.0 Å². The predicted octanol–water partition coefficient (Wildman–Crippen LogP) is 3.37. The quantitative estimate of drug-likeness (QED) is 0.941. The van der Waals surface area contributed by atoms with Gasteiger partial charge in [0.15, 0.2) is 0 Å². The third kappa shape index (κ3) is 3.81. The van der Waals surface area contributed by atoms with Crippen molar-refractivity contribution in [2.24, 2.45) is 0 Å². The Morgan fingerprint density at radius 1 is 1.35 bits per heavy atom. The largest absolute Gasteiger partial charge is 0.342 e. The molecule has 1 aliphatic heterocycles. The van der Waals surface area contributed by atoms with E-state index in [1.54, 1.807) is 6.20 Å². The lowest BCUT2D eigenvalue weighted by molar-refractivity contribution is -0.132. The molecule has 0 aliphatic carbocycles. The fraction of sp³-hybridized carbons (Fsp3) is 0.474. The fourth-order valence-corrected chi connectivity index (χ4v) is 3.48. The Kier molecular flexibility index (Phi) is 4.79. The van der Waals surface area contributed by atoms with E-state index >= 15 is 0 Å². The average Bonchev–Trinajstić information content (AvgIpc) is 3.08. The van der Waals surface area contributed by atoms with Gasteiger partial charge in [-0.15, -0.1) is 0 Å². The molecule has 3 rings (SSSR count). The second-order valence-electron chi connectivity index (χ2n) is 6.62. The monoisotopic (exact) mass is 311 g/mol. The Morgan fingerprint density at radius 3 is 2.96 bits per heavy atom. The van der Waals surface area contributed by atoms with Crippen LogP contribution in [0, 0.1) is 13.8 Å². The van der Waals surface area contributed by atoms with Gasteiger partial charge in [-0.3, -0.25) is 9.89 Å². The van der Waals surface area contributed by atoms with E-state index in [1.165, 1.54) is 16.7 Å². The Balaban J connectivity index is 1.57. The molecule has 1 aromatic heterocycles. The van der Waals surface area contributed by atoms with Crippen LogP contribution in [0.4, 0.5) is 0 Å². The summed E-state index contributed by atoms with van der Waals surface area (Å²) in [6, 6.07) is 8.49. The van der Waals surface area contributed by atoms with Gasteiger partial charge in [-0.25, -0.2) is 0 Å². The standard InChI is InChI=1S/C19H25N3O/c1-14-5-6-16(15(2)12-14)7-8-19(23)22-11-3-4-17(13-22)18-9-10-20-21-18/h5-6,9-10,12,17H,3-4,7-8,11,13H2,1-2H3,(H,20,21)/t17-/m0/s1. The van der Waals surface area contributed by atoms with Gasteiger partial charge in [0.25, 0.3) is 0 Å². The molecule has 2 heterocycles. The van der Waals surface area contributed by atoms with Gasteiger partial charge < -0.3 is 4.90 Å². The van der Waals surface area contributed by atoms with Crippen LogP contribution in [-0.2, 0) is 11.2 Å².